The van der Waals surface area contributed by atoms with Crippen molar-refractivity contribution in [2.24, 2.45) is 0 Å². The molecule has 2 aromatic carbocycles. The number of hydrogen-bond acceptors (Lipinski definition) is 7. The van der Waals surface area contributed by atoms with Crippen LogP contribution >= 0.6 is 11.3 Å². The molecule has 0 aliphatic heterocycles. The van der Waals surface area contributed by atoms with Crippen LogP contribution in [0.5, 0.6) is 0 Å². The van der Waals surface area contributed by atoms with Crippen molar-refractivity contribution in [2.75, 3.05) is 26.8 Å². The molecule has 35 heavy (non-hydrogen) atoms. The maximum absolute atomic E-state index is 13.4. The molecule has 0 saturated heterocycles. The predicted molar refractivity (Wildman–Crippen MR) is 133 cm³/mol. The van der Waals surface area contributed by atoms with Crippen LogP contribution in [-0.4, -0.2) is 55.3 Å². The molecule has 0 spiro atoms. The first-order chi connectivity index (χ1) is 16.8. The summed E-state index contributed by atoms with van der Waals surface area (Å²) in [5, 5.41) is 12.9. The van der Waals surface area contributed by atoms with Gasteiger partial charge in [-0.2, -0.15) is 4.31 Å². The van der Waals surface area contributed by atoms with Crippen molar-refractivity contribution in [2.45, 2.75) is 24.4 Å². The Balaban J connectivity index is 1.85. The van der Waals surface area contributed by atoms with E-state index in [0.29, 0.717) is 26.1 Å². The number of hydrogen-bond donors (Lipinski definition) is 0. The molecule has 0 atom stereocenters. The Kier molecular flexibility index (Phi) is 9.49. The van der Waals surface area contributed by atoms with Crippen LogP contribution in [0, 0.1) is 10.1 Å². The van der Waals surface area contributed by atoms with E-state index >= 15 is 0 Å². The third-order valence-corrected chi connectivity index (χ3v) is 7.97. The summed E-state index contributed by atoms with van der Waals surface area (Å²) in [7, 11) is -2.56. The highest BCUT2D eigenvalue weighted by Gasteiger charge is 2.29. The smallest absolute Gasteiger partial charge is 0.269 e. The van der Waals surface area contributed by atoms with E-state index in [-0.39, 0.29) is 29.6 Å². The maximum Gasteiger partial charge on any atom is 0.269 e. The molecular weight excluding hydrogens is 490 g/mol. The quantitative estimate of drug-likeness (QED) is 0.193. The minimum Gasteiger partial charge on any atom is -0.385 e. The number of nitrogens with zero attached hydrogens (tertiary/aromatic N) is 3. The van der Waals surface area contributed by atoms with Gasteiger partial charge in [-0.25, -0.2) is 8.42 Å². The zero-order chi connectivity index (χ0) is 25.3. The van der Waals surface area contributed by atoms with E-state index in [1.807, 2.05) is 47.8 Å². The highest BCUT2D eigenvalue weighted by atomic mass is 32.2. The average molecular weight is 518 g/mol. The lowest BCUT2D eigenvalue weighted by atomic mass is 10.2. The number of ether oxygens (including phenoxy) is 1. The van der Waals surface area contributed by atoms with Gasteiger partial charge in [0, 0.05) is 43.8 Å². The predicted octanol–water partition coefficient (Wildman–Crippen LogP) is 3.91. The van der Waals surface area contributed by atoms with Crippen molar-refractivity contribution in [1.29, 1.82) is 0 Å². The fraction of sp³-hybridized carbons (Fsp3) is 0.292. The Morgan fingerprint density at radius 1 is 1.03 bits per heavy atom. The van der Waals surface area contributed by atoms with Gasteiger partial charge in [-0.3, -0.25) is 14.9 Å². The molecule has 1 amide bonds. The van der Waals surface area contributed by atoms with Crippen LogP contribution in [0.2, 0.25) is 0 Å². The average Bonchev–Trinajstić information content (AvgIpc) is 3.37. The van der Waals surface area contributed by atoms with Gasteiger partial charge in [-0.05, 0) is 35.6 Å². The first-order valence-corrected chi connectivity index (χ1v) is 13.2. The number of rotatable bonds is 13. The van der Waals surface area contributed by atoms with Gasteiger partial charge < -0.3 is 9.64 Å². The molecule has 0 N–H and O–H groups in total. The van der Waals surface area contributed by atoms with E-state index in [4.69, 9.17) is 4.74 Å². The Morgan fingerprint density at radius 2 is 1.74 bits per heavy atom. The first kappa shape index (κ1) is 26.5. The second kappa shape index (κ2) is 12.5. The molecule has 186 valence electrons. The standard InChI is InChI=1S/C24H27N3O6S2/c1-33-15-6-14-26(35(31,32)23-12-10-21(11-13-23)27(29)30)19-24(28)25(18-22-9-5-16-34-22)17-20-7-3-2-4-8-20/h2-5,7-13,16H,6,14-15,17-19H2,1H3. The molecule has 0 bridgehead atoms. The largest absolute Gasteiger partial charge is 0.385 e. The van der Waals surface area contributed by atoms with E-state index in [2.05, 4.69) is 0 Å². The van der Waals surface area contributed by atoms with Crippen LogP contribution in [0.1, 0.15) is 16.9 Å². The number of amides is 1. The van der Waals surface area contributed by atoms with Gasteiger partial charge in [-0.15, -0.1) is 11.3 Å². The zero-order valence-corrected chi connectivity index (χ0v) is 20.9. The van der Waals surface area contributed by atoms with Crippen LogP contribution in [0.15, 0.2) is 77.0 Å². The van der Waals surface area contributed by atoms with Crippen molar-refractivity contribution in [1.82, 2.24) is 9.21 Å². The number of sulfonamides is 1. The summed E-state index contributed by atoms with van der Waals surface area (Å²) in [6, 6.07) is 18.0. The summed E-state index contributed by atoms with van der Waals surface area (Å²) in [5.74, 6) is -0.342. The summed E-state index contributed by atoms with van der Waals surface area (Å²) >= 11 is 1.52. The van der Waals surface area contributed by atoms with Crippen molar-refractivity contribution in [3.05, 3.63) is 92.7 Å². The number of nitro groups is 1. The fourth-order valence-electron chi connectivity index (χ4n) is 3.44. The van der Waals surface area contributed by atoms with E-state index in [1.54, 1.807) is 4.90 Å². The zero-order valence-electron chi connectivity index (χ0n) is 19.3. The van der Waals surface area contributed by atoms with Crippen LogP contribution in [0.3, 0.4) is 0 Å². The minimum atomic E-state index is -4.08. The molecule has 3 aromatic rings. The van der Waals surface area contributed by atoms with Gasteiger partial charge in [-0.1, -0.05) is 36.4 Å². The van der Waals surface area contributed by atoms with Crippen LogP contribution in [-0.2, 0) is 32.6 Å². The van der Waals surface area contributed by atoms with Crippen molar-refractivity contribution in [3.63, 3.8) is 0 Å². The topological polar surface area (TPSA) is 110 Å². The summed E-state index contributed by atoms with van der Waals surface area (Å²) < 4.78 is 33.0. The lowest BCUT2D eigenvalue weighted by molar-refractivity contribution is -0.384. The summed E-state index contributed by atoms with van der Waals surface area (Å²) in [5.41, 5.74) is 0.720. The van der Waals surface area contributed by atoms with Crippen LogP contribution in [0.4, 0.5) is 5.69 Å². The van der Waals surface area contributed by atoms with Gasteiger partial charge in [0.25, 0.3) is 5.69 Å². The maximum atomic E-state index is 13.4. The molecule has 1 heterocycles. The second-order valence-electron chi connectivity index (χ2n) is 7.75. The first-order valence-electron chi connectivity index (χ1n) is 10.9. The Hall–Kier alpha value is -3.12. The van der Waals surface area contributed by atoms with Crippen LogP contribution in [0.25, 0.3) is 0 Å². The normalized spacial score (nSPS) is 11.5. The number of nitro benzene ring substituents is 1. The highest BCUT2D eigenvalue weighted by molar-refractivity contribution is 7.89. The molecule has 0 aliphatic rings. The molecule has 0 fully saturated rings. The molecule has 9 nitrogen and oxygen atoms in total. The Bertz CT molecular complexity index is 1200. The molecule has 1 aromatic heterocycles. The van der Waals surface area contributed by atoms with E-state index in [0.717, 1.165) is 26.9 Å². The lowest BCUT2D eigenvalue weighted by Gasteiger charge is -2.27. The van der Waals surface area contributed by atoms with Crippen LogP contribution < -0.4 is 0 Å². The third-order valence-electron chi connectivity index (χ3n) is 5.25. The van der Waals surface area contributed by atoms with E-state index in [9.17, 15) is 23.3 Å². The molecule has 0 radical (unpaired) electrons. The summed E-state index contributed by atoms with van der Waals surface area (Å²) in [6.07, 6.45) is 0.388. The van der Waals surface area contributed by atoms with E-state index < -0.39 is 14.9 Å². The van der Waals surface area contributed by atoms with Crippen molar-refractivity contribution in [3.8, 4) is 0 Å². The second-order valence-corrected chi connectivity index (χ2v) is 10.7. The SMILES string of the molecule is COCCCN(CC(=O)N(Cc1ccccc1)Cc1cccs1)S(=O)(=O)c1ccc([N+](=O)[O-])cc1. The number of methoxy groups -OCH3 is 1. The highest BCUT2D eigenvalue weighted by Crippen LogP contribution is 2.21. The summed E-state index contributed by atoms with van der Waals surface area (Å²) in [4.78, 5) is 26.3. The van der Waals surface area contributed by atoms with Gasteiger partial charge in [0.15, 0.2) is 0 Å². The monoisotopic (exact) mass is 517 g/mol. The molecule has 0 saturated carbocycles. The number of non-ortho nitro benzene ring substituents is 1. The molecule has 0 aliphatic carbocycles. The van der Waals surface area contributed by atoms with Gasteiger partial charge in [0.2, 0.25) is 15.9 Å². The fourth-order valence-corrected chi connectivity index (χ4v) is 5.58. The number of carbonyl (C=O) groups is 1. The van der Waals surface area contributed by atoms with Gasteiger partial charge >= 0.3 is 0 Å². The molecule has 11 heteroatoms. The number of benzene rings is 2. The number of thiophene rings is 1. The molecule has 3 rings (SSSR count). The lowest BCUT2D eigenvalue weighted by Crippen LogP contribution is -2.43. The van der Waals surface area contributed by atoms with Gasteiger partial charge in [0.05, 0.1) is 22.9 Å². The third kappa shape index (κ3) is 7.43. The minimum absolute atomic E-state index is 0.0665. The molecule has 0 unspecified atom stereocenters. The Labute approximate surface area is 208 Å². The summed E-state index contributed by atoms with van der Waals surface area (Å²) in [6.45, 7) is 0.720. The Morgan fingerprint density at radius 3 is 2.34 bits per heavy atom. The van der Waals surface area contributed by atoms with Gasteiger partial charge in [0.1, 0.15) is 0 Å². The van der Waals surface area contributed by atoms with Crippen molar-refractivity contribution >= 4 is 33.0 Å². The number of carbonyl (C=O) groups excluding carboxylic acids is 1. The molecular formula is C24H27N3O6S2. The van der Waals surface area contributed by atoms with E-state index in [1.165, 1.54) is 30.6 Å². The van der Waals surface area contributed by atoms with Crippen molar-refractivity contribution < 1.29 is 22.9 Å².